The molecular formula is C27H39N3O. The molecule has 0 atom stereocenters. The maximum atomic E-state index is 5.85. The number of H-pyrrole nitrogens is 2. The van der Waals surface area contributed by atoms with Crippen molar-refractivity contribution in [2.45, 2.75) is 85.0 Å². The van der Waals surface area contributed by atoms with Crippen LogP contribution in [0.5, 0.6) is 5.75 Å². The lowest BCUT2D eigenvalue weighted by atomic mass is 10.1. The fraction of sp³-hybridized carbons (Fsp3) is 0.519. The molecule has 4 nitrogen and oxygen atoms in total. The van der Waals surface area contributed by atoms with Gasteiger partial charge in [0.15, 0.2) is 0 Å². The molecule has 0 saturated heterocycles. The second-order valence-corrected chi connectivity index (χ2v) is 8.53. The summed E-state index contributed by atoms with van der Waals surface area (Å²) in [5.74, 6) is 0.869. The van der Waals surface area contributed by atoms with E-state index in [0.717, 1.165) is 40.6 Å². The Hall–Kier alpha value is -2.49. The van der Waals surface area contributed by atoms with Crippen LogP contribution in [-0.4, -0.2) is 22.3 Å². The highest BCUT2D eigenvalue weighted by Gasteiger charge is 2.12. The number of hydrogen-bond acceptors (Lipinski definition) is 2. The number of nitrogens with zero attached hydrogens (tertiary/aromatic N) is 1. The van der Waals surface area contributed by atoms with Crippen LogP contribution in [0, 0.1) is 6.92 Å². The predicted octanol–water partition coefficient (Wildman–Crippen LogP) is 7.99. The molecule has 0 aliphatic carbocycles. The number of nitrogens with one attached hydrogen (secondary N) is 2. The molecule has 0 amide bonds. The summed E-state index contributed by atoms with van der Waals surface area (Å²) in [4.78, 5) is 11.7. The van der Waals surface area contributed by atoms with Crippen molar-refractivity contribution < 1.29 is 4.74 Å². The highest BCUT2D eigenvalue weighted by atomic mass is 16.5. The van der Waals surface area contributed by atoms with Crippen LogP contribution in [0.3, 0.4) is 0 Å². The van der Waals surface area contributed by atoms with Crippen LogP contribution >= 0.6 is 0 Å². The van der Waals surface area contributed by atoms with Gasteiger partial charge in [-0.3, -0.25) is 4.99 Å². The Morgan fingerprint density at radius 1 is 0.871 bits per heavy atom. The zero-order chi connectivity index (χ0) is 21.9. The van der Waals surface area contributed by atoms with Gasteiger partial charge in [0.2, 0.25) is 0 Å². The molecule has 0 spiro atoms. The quantitative estimate of drug-likeness (QED) is 0.298. The Labute approximate surface area is 187 Å². The molecule has 0 radical (unpaired) electrons. The molecule has 168 valence electrons. The van der Waals surface area contributed by atoms with E-state index in [-0.39, 0.29) is 0 Å². The first-order valence-electron chi connectivity index (χ1n) is 12.2. The first-order valence-corrected chi connectivity index (χ1v) is 12.2. The third-order valence-electron chi connectivity index (χ3n) is 5.78. The summed E-state index contributed by atoms with van der Waals surface area (Å²) in [6, 6.07) is 6.23. The van der Waals surface area contributed by atoms with Gasteiger partial charge in [0.1, 0.15) is 5.75 Å². The lowest BCUT2D eigenvalue weighted by molar-refractivity contribution is 0.340. The molecule has 3 heterocycles. The second kappa shape index (κ2) is 12.4. The van der Waals surface area contributed by atoms with Crippen molar-refractivity contribution in [2.24, 2.45) is 4.99 Å². The minimum Gasteiger partial charge on any atom is -0.492 e. The highest BCUT2D eigenvalue weighted by molar-refractivity contribution is 5.99. The first kappa shape index (κ1) is 23.2. The number of hydrogen-bond donors (Lipinski definition) is 2. The molecule has 4 heteroatoms. The number of aryl methyl sites for hydroxylation is 1. The molecule has 0 unspecified atom stereocenters. The summed E-state index contributed by atoms with van der Waals surface area (Å²) in [5.41, 5.74) is 6.40. The summed E-state index contributed by atoms with van der Waals surface area (Å²) in [7, 11) is 0. The number of aromatic nitrogens is 2. The zero-order valence-corrected chi connectivity index (χ0v) is 19.6. The van der Waals surface area contributed by atoms with E-state index in [1.165, 1.54) is 63.5 Å². The topological polar surface area (TPSA) is 53.2 Å². The normalized spacial score (nSPS) is 14.5. The molecule has 3 rings (SSSR count). The molecular weight excluding hydrogens is 382 g/mol. The maximum Gasteiger partial charge on any atom is 0.144 e. The van der Waals surface area contributed by atoms with Gasteiger partial charge in [-0.1, -0.05) is 58.3 Å². The van der Waals surface area contributed by atoms with Crippen molar-refractivity contribution >= 4 is 11.8 Å². The fourth-order valence-corrected chi connectivity index (χ4v) is 4.05. The second-order valence-electron chi connectivity index (χ2n) is 8.53. The van der Waals surface area contributed by atoms with E-state index in [1.54, 1.807) is 0 Å². The van der Waals surface area contributed by atoms with E-state index in [4.69, 9.17) is 9.73 Å². The Morgan fingerprint density at radius 2 is 1.61 bits per heavy atom. The van der Waals surface area contributed by atoms with E-state index >= 15 is 0 Å². The summed E-state index contributed by atoms with van der Waals surface area (Å²) < 4.78 is 5.85. The Balaban J connectivity index is 1.50. The number of rotatable bonds is 14. The lowest BCUT2D eigenvalue weighted by Gasteiger charge is -2.02. The first-order chi connectivity index (χ1) is 15.2. The van der Waals surface area contributed by atoms with Crippen molar-refractivity contribution in [3.05, 3.63) is 47.4 Å². The monoisotopic (exact) mass is 421 g/mol. The smallest absolute Gasteiger partial charge is 0.144 e. The van der Waals surface area contributed by atoms with Gasteiger partial charge in [0.25, 0.3) is 0 Å². The third kappa shape index (κ3) is 7.30. The van der Waals surface area contributed by atoms with Gasteiger partial charge in [-0.05, 0) is 57.0 Å². The lowest BCUT2D eigenvalue weighted by Crippen LogP contribution is -1.92. The van der Waals surface area contributed by atoms with Gasteiger partial charge in [-0.15, -0.1) is 0 Å². The van der Waals surface area contributed by atoms with Gasteiger partial charge in [-0.25, -0.2) is 0 Å². The maximum absolute atomic E-state index is 5.85. The summed E-state index contributed by atoms with van der Waals surface area (Å²) >= 11 is 0. The van der Waals surface area contributed by atoms with Gasteiger partial charge in [-0.2, -0.15) is 0 Å². The molecule has 2 aromatic heterocycles. The van der Waals surface area contributed by atoms with Crippen LogP contribution in [0.15, 0.2) is 41.0 Å². The summed E-state index contributed by atoms with van der Waals surface area (Å²) in [5, 5.41) is 0. The number of allylic oxidation sites excluding steroid dienone is 2. The molecule has 0 bridgehead atoms. The van der Waals surface area contributed by atoms with Crippen LogP contribution in [0.2, 0.25) is 0 Å². The van der Waals surface area contributed by atoms with Crippen molar-refractivity contribution in [1.29, 1.82) is 0 Å². The minimum absolute atomic E-state index is 0.639. The molecule has 2 N–H and O–H groups in total. The number of aromatic amines is 2. The van der Waals surface area contributed by atoms with E-state index in [9.17, 15) is 0 Å². The van der Waals surface area contributed by atoms with Crippen LogP contribution < -0.4 is 4.74 Å². The van der Waals surface area contributed by atoms with Crippen molar-refractivity contribution in [1.82, 2.24) is 9.97 Å². The van der Waals surface area contributed by atoms with Crippen LogP contribution in [0.1, 0.15) is 89.4 Å². The summed E-state index contributed by atoms with van der Waals surface area (Å²) in [6.07, 6.45) is 19.6. The highest BCUT2D eigenvalue weighted by Crippen LogP contribution is 2.29. The molecule has 31 heavy (non-hydrogen) atoms. The number of unbranched alkanes of at least 4 members (excludes halogenated alkanes) is 8. The van der Waals surface area contributed by atoms with Crippen molar-refractivity contribution in [2.75, 3.05) is 6.61 Å². The third-order valence-corrected chi connectivity index (χ3v) is 5.78. The SMILES string of the molecule is CCCCCCCCCCCC1=N/C(=C/c2[nH]c(-c3ccc(C)[nH]3)cc2OCC)C=C1. The molecule has 1 aliphatic rings. The van der Waals surface area contributed by atoms with Crippen LogP contribution in [0.4, 0.5) is 0 Å². The Morgan fingerprint density at radius 3 is 2.29 bits per heavy atom. The Kier molecular flexibility index (Phi) is 9.26. The van der Waals surface area contributed by atoms with Crippen molar-refractivity contribution in [3.8, 4) is 17.1 Å². The van der Waals surface area contributed by atoms with Crippen molar-refractivity contribution in [3.63, 3.8) is 0 Å². The number of ether oxygens (including phenoxy) is 1. The fourth-order valence-electron chi connectivity index (χ4n) is 4.05. The molecule has 0 saturated carbocycles. The largest absolute Gasteiger partial charge is 0.492 e. The standard InChI is InChI=1S/C27H39N3O/c1-4-6-7-8-9-10-11-12-13-14-22-16-17-23(29-22)19-26-27(31-5-2)20-25(30-26)24-18-15-21(3)28-24/h15-20,28,30H,4-14H2,1-3H3/b23-19+. The average molecular weight is 422 g/mol. The van der Waals surface area contributed by atoms with Gasteiger partial charge < -0.3 is 14.7 Å². The predicted molar refractivity (Wildman–Crippen MR) is 133 cm³/mol. The van der Waals surface area contributed by atoms with E-state index in [0.29, 0.717) is 6.61 Å². The molecule has 1 aliphatic heterocycles. The Bertz CT molecular complexity index is 897. The van der Waals surface area contributed by atoms with Gasteiger partial charge in [0, 0.05) is 17.5 Å². The van der Waals surface area contributed by atoms with Crippen LogP contribution in [0.25, 0.3) is 17.5 Å². The molecule has 2 aromatic rings. The minimum atomic E-state index is 0.639. The van der Waals surface area contributed by atoms with Crippen LogP contribution in [-0.2, 0) is 0 Å². The number of aliphatic imine (C=N–C) groups is 1. The van der Waals surface area contributed by atoms with E-state index < -0.39 is 0 Å². The zero-order valence-electron chi connectivity index (χ0n) is 19.6. The van der Waals surface area contributed by atoms with E-state index in [2.05, 4.69) is 60.2 Å². The summed E-state index contributed by atoms with van der Waals surface area (Å²) in [6.45, 7) is 6.99. The average Bonchev–Trinajstić information content (AvgIpc) is 3.48. The molecule has 0 fully saturated rings. The van der Waals surface area contributed by atoms with E-state index in [1.807, 2.05) is 6.92 Å². The van der Waals surface area contributed by atoms with Gasteiger partial charge in [0.05, 0.1) is 29.4 Å². The van der Waals surface area contributed by atoms with Gasteiger partial charge >= 0.3 is 0 Å². The molecule has 0 aromatic carbocycles.